The van der Waals surface area contributed by atoms with Crippen molar-refractivity contribution in [2.24, 2.45) is 0 Å². The number of hydrogen-bond donors (Lipinski definition) is 0. The number of ether oxygens (including phenoxy) is 2. The lowest BCUT2D eigenvalue weighted by molar-refractivity contribution is -0.293. The molecule has 0 aliphatic carbocycles. The van der Waals surface area contributed by atoms with Gasteiger partial charge in [0, 0.05) is 24.6 Å². The average Bonchev–Trinajstić information content (AvgIpc) is 2.93. The lowest BCUT2D eigenvalue weighted by atomic mass is 10.00. The molecule has 1 spiro atoms. The SMILES string of the molecule is Cc1nccnc1C(=O)N1CCOCC2(C1)CN(c1ccc(F)cc1)C(=O)C(F)(F)O2. The van der Waals surface area contributed by atoms with Gasteiger partial charge in [0.15, 0.2) is 0 Å². The monoisotopic (exact) mass is 436 g/mol. The highest BCUT2D eigenvalue weighted by Crippen LogP contribution is 2.37. The zero-order valence-corrected chi connectivity index (χ0v) is 16.6. The third kappa shape index (κ3) is 4.10. The van der Waals surface area contributed by atoms with Gasteiger partial charge >= 0.3 is 12.0 Å². The second-order valence-corrected chi connectivity index (χ2v) is 7.44. The van der Waals surface area contributed by atoms with Gasteiger partial charge in [-0.1, -0.05) is 0 Å². The van der Waals surface area contributed by atoms with Crippen LogP contribution < -0.4 is 4.90 Å². The number of carbonyl (C=O) groups excluding carboxylic acids is 2. The molecule has 31 heavy (non-hydrogen) atoms. The largest absolute Gasteiger partial charge is 0.437 e. The zero-order valence-electron chi connectivity index (χ0n) is 16.6. The van der Waals surface area contributed by atoms with E-state index < -0.39 is 29.3 Å². The van der Waals surface area contributed by atoms with Crippen molar-refractivity contribution < 1.29 is 32.2 Å². The number of amides is 2. The average molecular weight is 436 g/mol. The number of anilines is 1. The van der Waals surface area contributed by atoms with Crippen molar-refractivity contribution in [3.05, 3.63) is 53.9 Å². The van der Waals surface area contributed by atoms with Gasteiger partial charge in [-0.3, -0.25) is 19.3 Å². The molecule has 1 unspecified atom stereocenters. The van der Waals surface area contributed by atoms with Gasteiger partial charge in [-0.2, -0.15) is 8.78 Å². The van der Waals surface area contributed by atoms with Crippen LogP contribution in [0.1, 0.15) is 16.2 Å². The number of halogens is 3. The number of alkyl halides is 2. The first kappa shape index (κ1) is 21.2. The molecular formula is C20H19F3N4O4. The predicted octanol–water partition coefficient (Wildman–Crippen LogP) is 1.79. The van der Waals surface area contributed by atoms with Crippen LogP contribution in [-0.2, 0) is 14.3 Å². The molecule has 2 aliphatic heterocycles. The second-order valence-electron chi connectivity index (χ2n) is 7.44. The number of carbonyl (C=O) groups is 2. The van der Waals surface area contributed by atoms with E-state index in [1.165, 1.54) is 29.4 Å². The van der Waals surface area contributed by atoms with Crippen molar-refractivity contribution >= 4 is 17.5 Å². The summed E-state index contributed by atoms with van der Waals surface area (Å²) >= 11 is 0. The minimum atomic E-state index is -4.16. The van der Waals surface area contributed by atoms with Crippen molar-refractivity contribution in [2.75, 3.05) is 37.7 Å². The molecule has 1 atom stereocenters. The Labute approximate surface area is 175 Å². The second kappa shape index (κ2) is 7.89. The first-order valence-electron chi connectivity index (χ1n) is 9.51. The number of morpholine rings is 1. The van der Waals surface area contributed by atoms with E-state index in [2.05, 4.69) is 9.97 Å². The third-order valence-corrected chi connectivity index (χ3v) is 5.14. The third-order valence-electron chi connectivity index (χ3n) is 5.14. The van der Waals surface area contributed by atoms with E-state index in [1.54, 1.807) is 6.92 Å². The summed E-state index contributed by atoms with van der Waals surface area (Å²) in [6.45, 7) is 0.988. The fourth-order valence-corrected chi connectivity index (χ4v) is 3.70. The first-order chi connectivity index (χ1) is 14.7. The number of hydrogen-bond acceptors (Lipinski definition) is 6. The smallest absolute Gasteiger partial charge is 0.376 e. The van der Waals surface area contributed by atoms with Crippen LogP contribution >= 0.6 is 0 Å². The minimum absolute atomic E-state index is 0.0839. The lowest BCUT2D eigenvalue weighted by Gasteiger charge is -2.45. The van der Waals surface area contributed by atoms with Crippen LogP contribution in [0, 0.1) is 12.7 Å². The summed E-state index contributed by atoms with van der Waals surface area (Å²) in [5.74, 6) is -2.65. The van der Waals surface area contributed by atoms with E-state index in [4.69, 9.17) is 9.47 Å². The Morgan fingerprint density at radius 2 is 1.84 bits per heavy atom. The minimum Gasteiger partial charge on any atom is -0.376 e. The molecule has 3 heterocycles. The van der Waals surface area contributed by atoms with E-state index in [1.807, 2.05) is 0 Å². The fourth-order valence-electron chi connectivity index (χ4n) is 3.70. The summed E-state index contributed by atoms with van der Waals surface area (Å²) < 4.78 is 53.0. The molecule has 2 aromatic rings. The number of aryl methyl sites for hydroxylation is 1. The normalized spacial score (nSPS) is 23.7. The zero-order chi connectivity index (χ0) is 22.2. The van der Waals surface area contributed by atoms with E-state index in [0.29, 0.717) is 5.69 Å². The fraction of sp³-hybridized carbons (Fsp3) is 0.400. The van der Waals surface area contributed by atoms with Crippen molar-refractivity contribution in [3.8, 4) is 0 Å². The lowest BCUT2D eigenvalue weighted by Crippen LogP contribution is -2.66. The number of benzene rings is 1. The van der Waals surface area contributed by atoms with Crippen LogP contribution in [-0.4, -0.2) is 71.2 Å². The van der Waals surface area contributed by atoms with Gasteiger partial charge in [-0.25, -0.2) is 9.37 Å². The summed E-state index contributed by atoms with van der Waals surface area (Å²) in [5.41, 5.74) is -1.13. The van der Waals surface area contributed by atoms with Crippen molar-refractivity contribution in [1.82, 2.24) is 14.9 Å². The van der Waals surface area contributed by atoms with Gasteiger partial charge in [0.25, 0.3) is 5.91 Å². The van der Waals surface area contributed by atoms with Gasteiger partial charge in [-0.15, -0.1) is 0 Å². The highest BCUT2D eigenvalue weighted by atomic mass is 19.3. The van der Waals surface area contributed by atoms with Crippen LogP contribution in [0.4, 0.5) is 18.9 Å². The van der Waals surface area contributed by atoms with E-state index >= 15 is 0 Å². The Hall–Kier alpha value is -3.05. The molecule has 164 valence electrons. The molecule has 2 saturated heterocycles. The van der Waals surface area contributed by atoms with Crippen molar-refractivity contribution in [1.29, 1.82) is 0 Å². The van der Waals surface area contributed by atoms with E-state index in [-0.39, 0.29) is 44.2 Å². The predicted molar refractivity (Wildman–Crippen MR) is 101 cm³/mol. The van der Waals surface area contributed by atoms with Crippen LogP contribution in [0.15, 0.2) is 36.7 Å². The Kier molecular flexibility index (Phi) is 5.40. The Morgan fingerprint density at radius 1 is 1.13 bits per heavy atom. The highest BCUT2D eigenvalue weighted by molar-refractivity contribution is 5.98. The molecule has 8 nitrogen and oxygen atoms in total. The summed E-state index contributed by atoms with van der Waals surface area (Å²) in [6.07, 6.45) is -1.35. The summed E-state index contributed by atoms with van der Waals surface area (Å²) in [4.78, 5) is 35.6. The molecule has 1 aromatic heterocycles. The summed E-state index contributed by atoms with van der Waals surface area (Å²) in [7, 11) is 0. The first-order valence-corrected chi connectivity index (χ1v) is 9.51. The molecule has 2 fully saturated rings. The molecule has 11 heteroatoms. The molecule has 0 radical (unpaired) electrons. The topological polar surface area (TPSA) is 84.9 Å². The molecule has 0 saturated carbocycles. The molecular weight excluding hydrogens is 417 g/mol. The highest BCUT2D eigenvalue weighted by Gasteiger charge is 2.58. The maximum Gasteiger partial charge on any atom is 0.437 e. The standard InChI is InChI=1S/C20H19F3N4O4/c1-13-16(25-7-6-24-13)17(28)26-8-9-30-12-19(10-26)11-27(18(29)20(22,23)31-19)15-4-2-14(21)3-5-15/h2-7H,8-12H2,1H3. The van der Waals surface area contributed by atoms with Gasteiger partial charge in [0.2, 0.25) is 0 Å². The maximum atomic E-state index is 14.6. The molecule has 0 bridgehead atoms. The van der Waals surface area contributed by atoms with Gasteiger partial charge in [0.1, 0.15) is 17.1 Å². The van der Waals surface area contributed by atoms with E-state index in [9.17, 15) is 22.8 Å². The van der Waals surface area contributed by atoms with E-state index in [0.717, 1.165) is 17.0 Å². The van der Waals surface area contributed by atoms with Crippen molar-refractivity contribution in [3.63, 3.8) is 0 Å². The Morgan fingerprint density at radius 3 is 2.55 bits per heavy atom. The van der Waals surface area contributed by atoms with Crippen LogP contribution in [0.5, 0.6) is 0 Å². The van der Waals surface area contributed by atoms with Gasteiger partial charge in [0.05, 0.1) is 32.0 Å². The maximum absolute atomic E-state index is 14.6. The number of nitrogens with zero attached hydrogens (tertiary/aromatic N) is 4. The molecule has 2 aliphatic rings. The molecule has 4 rings (SSSR count). The van der Waals surface area contributed by atoms with Crippen LogP contribution in [0.25, 0.3) is 0 Å². The molecule has 1 aromatic carbocycles. The number of rotatable bonds is 2. The van der Waals surface area contributed by atoms with Gasteiger partial charge in [-0.05, 0) is 31.2 Å². The number of aromatic nitrogens is 2. The molecule has 0 N–H and O–H groups in total. The van der Waals surface area contributed by atoms with Crippen LogP contribution in [0.2, 0.25) is 0 Å². The Balaban J connectivity index is 1.66. The van der Waals surface area contributed by atoms with Gasteiger partial charge < -0.3 is 14.5 Å². The van der Waals surface area contributed by atoms with Crippen molar-refractivity contribution in [2.45, 2.75) is 18.6 Å². The van der Waals surface area contributed by atoms with Crippen LogP contribution in [0.3, 0.4) is 0 Å². The Bertz CT molecular complexity index is 1000. The summed E-state index contributed by atoms with van der Waals surface area (Å²) in [5, 5.41) is 0. The summed E-state index contributed by atoms with van der Waals surface area (Å²) in [6, 6.07) is 4.59. The quantitative estimate of drug-likeness (QED) is 0.714. The molecule has 2 amide bonds.